The van der Waals surface area contributed by atoms with Gasteiger partial charge in [-0.3, -0.25) is 9.36 Å². The average Bonchev–Trinajstić information content (AvgIpc) is 3.64. The zero-order chi connectivity index (χ0) is 64.8. The zero-order valence-electron chi connectivity index (χ0n) is 58.9. The van der Waals surface area contributed by atoms with Gasteiger partial charge >= 0.3 is 0 Å². The van der Waals surface area contributed by atoms with Crippen molar-refractivity contribution >= 4 is 13.7 Å². The highest BCUT2D eigenvalue weighted by Gasteiger charge is 2.24. The van der Waals surface area contributed by atoms with Crippen molar-refractivity contribution in [2.24, 2.45) is 0 Å². The summed E-state index contributed by atoms with van der Waals surface area (Å²) in [5, 5.41) is 14.1. The highest BCUT2D eigenvalue weighted by Crippen LogP contribution is 2.38. The lowest BCUT2D eigenvalue weighted by Gasteiger charge is -2.30. The lowest BCUT2D eigenvalue weighted by atomic mass is 10.0. The van der Waals surface area contributed by atoms with Gasteiger partial charge in [-0.2, -0.15) is 0 Å². The number of amides is 1. The molecule has 1 amide bonds. The van der Waals surface area contributed by atoms with E-state index in [2.05, 4.69) is 141 Å². The zero-order valence-corrected chi connectivity index (χ0v) is 59.7. The van der Waals surface area contributed by atoms with E-state index in [4.69, 9.17) is 9.05 Å². The van der Waals surface area contributed by atoms with Gasteiger partial charge in [-0.1, -0.05) is 354 Å². The van der Waals surface area contributed by atoms with E-state index in [0.29, 0.717) is 23.9 Å². The number of nitrogens with one attached hydrogen (secondary N) is 1. The molecule has 514 valence electrons. The molecule has 3 unspecified atom stereocenters. The number of rotatable bonds is 68. The van der Waals surface area contributed by atoms with Crippen LogP contribution in [0.25, 0.3) is 0 Å². The molecule has 0 rings (SSSR count). The Morgan fingerprint density at radius 2 is 0.685 bits per heavy atom. The molecule has 0 bridgehead atoms. The van der Waals surface area contributed by atoms with Crippen molar-refractivity contribution in [3.63, 3.8) is 0 Å². The van der Waals surface area contributed by atoms with Crippen molar-refractivity contribution in [1.29, 1.82) is 0 Å². The summed E-state index contributed by atoms with van der Waals surface area (Å²) in [6.07, 6.45) is 103. The number of hydrogen-bond donors (Lipinski definition) is 2. The first-order chi connectivity index (χ1) is 43.5. The lowest BCUT2D eigenvalue weighted by molar-refractivity contribution is -0.870. The molecule has 0 aromatic carbocycles. The number of carbonyl (C=O) groups is 1. The number of phosphoric ester groups is 1. The van der Waals surface area contributed by atoms with Crippen LogP contribution in [0.15, 0.2) is 122 Å². The molecule has 0 spiro atoms. The highest BCUT2D eigenvalue weighted by molar-refractivity contribution is 7.45. The van der Waals surface area contributed by atoms with Crippen LogP contribution in [0.3, 0.4) is 0 Å². The van der Waals surface area contributed by atoms with Crippen molar-refractivity contribution in [3.8, 4) is 0 Å². The fourth-order valence-electron chi connectivity index (χ4n) is 10.7. The van der Waals surface area contributed by atoms with Gasteiger partial charge in [-0.25, -0.2) is 0 Å². The fourth-order valence-corrected chi connectivity index (χ4v) is 11.4. The standard InChI is InChI=1S/C80H143N2O6P/c1-6-8-10-12-14-16-18-20-22-24-26-28-30-32-34-36-38-40-41-42-44-46-48-50-52-54-56-58-60-62-64-66-68-70-72-74-80(84)81-78(77-88-89(85,86)87-76-75-82(3,4)5)79(83)73-71-69-67-65-63-61-59-57-55-53-51-49-47-45-43-39-37-35-33-31-29-27-25-23-21-19-17-15-13-11-9-7-2/h8,10,14,16,20,22,26,28,32,34,38,40,42,44,48,50,54,56,60,62,78-79,83H,6-7,9,11-13,15,17-19,21,23-25,27,29-31,33,35-37,39,41,43,45-47,49,51-53,55,57-59,61,63-77H2,1-5H3,(H-,81,84,85,86)/b10-8-,16-14-,22-20-,28-26-,34-32-,40-38-,44-42-,50-48-,56-54-,62-60-. The molecule has 2 N–H and O–H groups in total. The van der Waals surface area contributed by atoms with E-state index >= 15 is 0 Å². The van der Waals surface area contributed by atoms with Gasteiger partial charge in [0.1, 0.15) is 13.2 Å². The number of aliphatic hydroxyl groups excluding tert-OH is 1. The predicted molar refractivity (Wildman–Crippen MR) is 389 cm³/mol. The number of nitrogens with zero attached hydrogens (tertiary/aromatic N) is 1. The predicted octanol–water partition coefficient (Wildman–Crippen LogP) is 23.8. The quantitative estimate of drug-likeness (QED) is 0.0272. The number of allylic oxidation sites excluding steroid dienone is 20. The molecule has 0 saturated heterocycles. The monoisotopic (exact) mass is 1260 g/mol. The molecule has 0 aromatic heterocycles. The van der Waals surface area contributed by atoms with Crippen LogP contribution < -0.4 is 10.2 Å². The molecule has 8 nitrogen and oxygen atoms in total. The van der Waals surface area contributed by atoms with E-state index in [1.165, 1.54) is 186 Å². The van der Waals surface area contributed by atoms with Gasteiger partial charge in [-0.15, -0.1) is 0 Å². The van der Waals surface area contributed by atoms with Crippen molar-refractivity contribution < 1.29 is 32.9 Å². The van der Waals surface area contributed by atoms with Crippen LogP contribution in [-0.2, 0) is 18.4 Å². The van der Waals surface area contributed by atoms with Gasteiger partial charge in [0.25, 0.3) is 7.82 Å². The van der Waals surface area contributed by atoms with Crippen LogP contribution in [0, 0.1) is 0 Å². The number of hydrogen-bond acceptors (Lipinski definition) is 6. The minimum atomic E-state index is -4.60. The highest BCUT2D eigenvalue weighted by atomic mass is 31.2. The summed E-state index contributed by atoms with van der Waals surface area (Å²) in [4.78, 5) is 25.7. The summed E-state index contributed by atoms with van der Waals surface area (Å²) in [5.41, 5.74) is 0. The van der Waals surface area contributed by atoms with E-state index in [9.17, 15) is 19.4 Å². The number of quaternary nitrogens is 1. The summed E-state index contributed by atoms with van der Waals surface area (Å²) in [5.74, 6) is -0.190. The Kier molecular flexibility index (Phi) is 66.8. The minimum absolute atomic E-state index is 0.000995. The van der Waals surface area contributed by atoms with Gasteiger partial charge in [0.2, 0.25) is 5.91 Å². The summed E-state index contributed by atoms with van der Waals surface area (Å²) in [7, 11) is 1.28. The maximum Gasteiger partial charge on any atom is 0.268 e. The first-order valence-corrected chi connectivity index (χ1v) is 38.8. The van der Waals surface area contributed by atoms with Gasteiger partial charge in [0, 0.05) is 6.42 Å². The molecule has 89 heavy (non-hydrogen) atoms. The first kappa shape index (κ1) is 85.9. The number of aliphatic hydroxyl groups is 1. The SMILES string of the molecule is CC/C=C\C/C=C\C/C=C\C/C=C\C/C=C\C/C=C\C/C=C\C/C=C\C/C=C\C/C=C\CCCCCCC(=O)NC(COP(=O)([O-])OCC[N+](C)(C)C)C(O)CCCCCCCCCCCCCCCCCCCCCCCCCCCCCCCCCC. The van der Waals surface area contributed by atoms with E-state index in [1.54, 1.807) is 0 Å². The molecule has 0 aromatic rings. The van der Waals surface area contributed by atoms with Gasteiger partial charge in [0.15, 0.2) is 0 Å². The Balaban J connectivity index is 4.12. The Bertz CT molecular complexity index is 1870. The second-order valence-electron chi connectivity index (χ2n) is 26.3. The maximum atomic E-state index is 13.1. The number of phosphoric acid groups is 1. The molecule has 0 aliphatic heterocycles. The van der Waals surface area contributed by atoms with Crippen LogP contribution in [0.1, 0.15) is 328 Å². The van der Waals surface area contributed by atoms with Crippen molar-refractivity contribution in [3.05, 3.63) is 122 Å². The molecule has 0 fully saturated rings. The molecule has 0 aliphatic carbocycles. The summed E-state index contributed by atoms with van der Waals surface area (Å²) < 4.78 is 23.5. The van der Waals surface area contributed by atoms with Crippen LogP contribution >= 0.6 is 7.82 Å². The molecule has 0 radical (unpaired) electrons. The largest absolute Gasteiger partial charge is 0.756 e. The molecule has 0 aliphatic rings. The number of unbranched alkanes of at least 4 members (excludes halogenated alkanes) is 35. The third-order valence-corrected chi connectivity index (χ3v) is 17.4. The molecule has 0 saturated carbocycles. The summed E-state index contributed by atoms with van der Waals surface area (Å²) >= 11 is 0. The second kappa shape index (κ2) is 69.2. The molecule has 0 heterocycles. The Hall–Kier alpha value is -3.10. The lowest BCUT2D eigenvalue weighted by Crippen LogP contribution is -2.46. The smallest absolute Gasteiger partial charge is 0.268 e. The average molecular weight is 1260 g/mol. The third kappa shape index (κ3) is 72.2. The third-order valence-electron chi connectivity index (χ3n) is 16.5. The van der Waals surface area contributed by atoms with Crippen LogP contribution in [0.5, 0.6) is 0 Å². The Morgan fingerprint density at radius 3 is 1.00 bits per heavy atom. The molecule has 3 atom stereocenters. The van der Waals surface area contributed by atoms with Gasteiger partial charge in [0.05, 0.1) is 39.9 Å². The number of carbonyl (C=O) groups excluding carboxylic acids is 1. The first-order valence-electron chi connectivity index (χ1n) is 37.4. The summed E-state index contributed by atoms with van der Waals surface area (Å²) in [6, 6.07) is -0.826. The Labute approximate surface area is 552 Å². The van der Waals surface area contributed by atoms with Crippen LogP contribution in [0.4, 0.5) is 0 Å². The van der Waals surface area contributed by atoms with Crippen LogP contribution in [-0.4, -0.2) is 68.5 Å². The van der Waals surface area contributed by atoms with Crippen molar-refractivity contribution in [2.75, 3.05) is 40.9 Å². The normalized spacial score (nSPS) is 14.3. The van der Waals surface area contributed by atoms with E-state index in [1.807, 2.05) is 21.1 Å². The van der Waals surface area contributed by atoms with E-state index in [-0.39, 0.29) is 19.1 Å². The Morgan fingerprint density at radius 1 is 0.404 bits per heavy atom. The van der Waals surface area contributed by atoms with E-state index < -0.39 is 20.0 Å². The topological polar surface area (TPSA) is 108 Å². The van der Waals surface area contributed by atoms with Gasteiger partial charge < -0.3 is 28.8 Å². The van der Waals surface area contributed by atoms with Crippen LogP contribution in [0.2, 0.25) is 0 Å². The molecular weight excluding hydrogens is 1120 g/mol. The van der Waals surface area contributed by atoms with Crippen molar-refractivity contribution in [1.82, 2.24) is 5.32 Å². The van der Waals surface area contributed by atoms with Crippen molar-refractivity contribution in [2.45, 2.75) is 341 Å². The maximum absolute atomic E-state index is 13.1. The van der Waals surface area contributed by atoms with Gasteiger partial charge in [-0.05, 0) is 89.9 Å². The minimum Gasteiger partial charge on any atom is -0.756 e. The number of likely N-dealkylation sites (N-methyl/N-ethyl adjacent to an activating group) is 1. The fraction of sp³-hybridized carbons (Fsp3) is 0.738. The molecular formula is C80H143N2O6P. The second-order valence-corrected chi connectivity index (χ2v) is 27.7. The summed E-state index contributed by atoms with van der Waals surface area (Å²) in [6.45, 7) is 4.61. The molecule has 9 heteroatoms. The van der Waals surface area contributed by atoms with E-state index in [0.717, 1.165) is 116 Å².